The highest BCUT2D eigenvalue weighted by Crippen LogP contribution is 2.30. The van der Waals surface area contributed by atoms with Gasteiger partial charge in [0, 0.05) is 13.1 Å². The highest BCUT2D eigenvalue weighted by Gasteiger charge is 2.29. The Balaban J connectivity index is 1.85. The summed E-state index contributed by atoms with van der Waals surface area (Å²) < 4.78 is 26.0. The summed E-state index contributed by atoms with van der Waals surface area (Å²) in [6, 6.07) is 0. The van der Waals surface area contributed by atoms with E-state index < -0.39 is 10.0 Å². The van der Waals surface area contributed by atoms with Crippen LogP contribution in [0.4, 0.5) is 0 Å². The van der Waals surface area contributed by atoms with E-state index >= 15 is 0 Å². The molecule has 0 spiro atoms. The maximum absolute atomic E-state index is 12.2. The molecule has 2 N–H and O–H groups in total. The lowest BCUT2D eigenvalue weighted by Crippen LogP contribution is -2.43. The Bertz CT molecular complexity index is 338. The molecule has 5 heteroatoms. The van der Waals surface area contributed by atoms with Gasteiger partial charge in [0.15, 0.2) is 0 Å². The second-order valence-corrected chi connectivity index (χ2v) is 7.59. The number of hydrogen-bond acceptors (Lipinski definition) is 3. The fourth-order valence-electron chi connectivity index (χ4n) is 2.70. The molecule has 0 aromatic heterocycles. The molecule has 2 rings (SSSR count). The lowest BCUT2D eigenvalue weighted by atomic mass is 9.84. The molecule has 1 saturated heterocycles. The lowest BCUT2D eigenvalue weighted by Gasteiger charge is -2.32. The number of rotatable bonds is 5. The van der Waals surface area contributed by atoms with Gasteiger partial charge in [-0.25, -0.2) is 12.7 Å². The first-order chi connectivity index (χ1) is 8.12. The van der Waals surface area contributed by atoms with Gasteiger partial charge in [-0.2, -0.15) is 0 Å². The first kappa shape index (κ1) is 13.3. The number of hydrogen-bond donors (Lipinski definition) is 1. The molecule has 100 valence electrons. The molecule has 2 aliphatic rings. The first-order valence-electron chi connectivity index (χ1n) is 6.79. The summed E-state index contributed by atoms with van der Waals surface area (Å²) in [5.74, 6) is 1.37. The van der Waals surface area contributed by atoms with E-state index in [1.807, 2.05) is 0 Å². The molecule has 4 nitrogen and oxygen atoms in total. The van der Waals surface area contributed by atoms with E-state index in [2.05, 4.69) is 0 Å². The van der Waals surface area contributed by atoms with Gasteiger partial charge >= 0.3 is 0 Å². The number of nitrogens with zero attached hydrogens (tertiary/aromatic N) is 1. The molecular formula is C12H24N2O2S. The lowest BCUT2D eigenvalue weighted by molar-refractivity contribution is 0.267. The van der Waals surface area contributed by atoms with Crippen LogP contribution < -0.4 is 5.73 Å². The fourth-order valence-corrected chi connectivity index (χ4v) is 4.43. The van der Waals surface area contributed by atoms with Crippen LogP contribution in [-0.2, 0) is 10.0 Å². The Labute approximate surface area is 105 Å². The molecule has 1 atom stereocenters. The van der Waals surface area contributed by atoms with E-state index in [-0.39, 0.29) is 0 Å². The monoisotopic (exact) mass is 260 g/mol. The molecule has 0 aromatic rings. The molecule has 1 saturated carbocycles. The van der Waals surface area contributed by atoms with Crippen LogP contribution in [0.5, 0.6) is 0 Å². The van der Waals surface area contributed by atoms with Crippen molar-refractivity contribution in [3.63, 3.8) is 0 Å². The van der Waals surface area contributed by atoms with Gasteiger partial charge in [-0.3, -0.25) is 0 Å². The van der Waals surface area contributed by atoms with E-state index in [0.29, 0.717) is 37.2 Å². The zero-order chi connectivity index (χ0) is 12.3. The van der Waals surface area contributed by atoms with Crippen molar-refractivity contribution in [2.75, 3.05) is 25.4 Å². The zero-order valence-corrected chi connectivity index (χ0v) is 11.3. The van der Waals surface area contributed by atoms with Crippen molar-refractivity contribution in [1.29, 1.82) is 0 Å². The minimum absolute atomic E-state index is 0.342. The average Bonchev–Trinajstić information content (AvgIpc) is 2.27. The molecule has 1 aliphatic carbocycles. The van der Waals surface area contributed by atoms with Gasteiger partial charge in [0.2, 0.25) is 10.0 Å². The maximum Gasteiger partial charge on any atom is 0.214 e. The minimum Gasteiger partial charge on any atom is -0.330 e. The molecule has 0 bridgehead atoms. The highest BCUT2D eigenvalue weighted by molar-refractivity contribution is 7.89. The minimum atomic E-state index is -3.02. The second kappa shape index (κ2) is 5.67. The third kappa shape index (κ3) is 3.42. The first-order valence-corrected chi connectivity index (χ1v) is 8.40. The quantitative estimate of drug-likeness (QED) is 0.807. The van der Waals surface area contributed by atoms with Crippen molar-refractivity contribution in [2.24, 2.45) is 17.6 Å². The number of sulfonamides is 1. The third-order valence-corrected chi connectivity index (χ3v) is 6.09. The molecule has 1 aliphatic heterocycles. The van der Waals surface area contributed by atoms with Gasteiger partial charge in [0.1, 0.15) is 0 Å². The van der Waals surface area contributed by atoms with E-state index in [0.717, 1.165) is 19.3 Å². The molecule has 0 aromatic carbocycles. The number of nitrogens with two attached hydrogens (primary N) is 1. The van der Waals surface area contributed by atoms with Crippen LogP contribution in [0.15, 0.2) is 0 Å². The van der Waals surface area contributed by atoms with E-state index in [1.165, 1.54) is 19.3 Å². The van der Waals surface area contributed by atoms with Gasteiger partial charge in [0.25, 0.3) is 0 Å². The summed E-state index contributed by atoms with van der Waals surface area (Å²) in [4.78, 5) is 0. The standard InChI is InChI=1S/C12H24N2O2S/c13-9-12-5-2-7-14(10-12)17(15,16)8-6-11-3-1-4-11/h11-12H,1-10,13H2. The summed E-state index contributed by atoms with van der Waals surface area (Å²) in [6.07, 6.45) is 6.62. The van der Waals surface area contributed by atoms with Crippen LogP contribution >= 0.6 is 0 Å². The third-order valence-electron chi connectivity index (χ3n) is 4.22. The number of piperidine rings is 1. The van der Waals surface area contributed by atoms with Crippen LogP contribution in [0.3, 0.4) is 0 Å². The molecule has 1 heterocycles. The molecule has 17 heavy (non-hydrogen) atoms. The van der Waals surface area contributed by atoms with Crippen molar-refractivity contribution in [3.8, 4) is 0 Å². The largest absolute Gasteiger partial charge is 0.330 e. The summed E-state index contributed by atoms with van der Waals surface area (Å²) in [5.41, 5.74) is 5.64. The van der Waals surface area contributed by atoms with Crippen molar-refractivity contribution < 1.29 is 8.42 Å². The molecule has 2 fully saturated rings. The van der Waals surface area contributed by atoms with Gasteiger partial charge in [-0.05, 0) is 37.6 Å². The fraction of sp³-hybridized carbons (Fsp3) is 1.00. The van der Waals surface area contributed by atoms with Crippen molar-refractivity contribution >= 4 is 10.0 Å². The van der Waals surface area contributed by atoms with Crippen LogP contribution in [0, 0.1) is 11.8 Å². The predicted octanol–water partition coefficient (Wildman–Crippen LogP) is 1.18. The van der Waals surface area contributed by atoms with Crippen molar-refractivity contribution in [2.45, 2.75) is 38.5 Å². The Morgan fingerprint density at radius 3 is 2.41 bits per heavy atom. The second-order valence-electron chi connectivity index (χ2n) is 5.50. The summed E-state index contributed by atoms with van der Waals surface area (Å²) >= 11 is 0. The normalized spacial score (nSPS) is 27.9. The van der Waals surface area contributed by atoms with Crippen LogP contribution in [0.25, 0.3) is 0 Å². The Kier molecular flexibility index (Phi) is 4.44. The molecule has 1 unspecified atom stereocenters. The highest BCUT2D eigenvalue weighted by atomic mass is 32.2. The van der Waals surface area contributed by atoms with E-state index in [9.17, 15) is 8.42 Å². The van der Waals surface area contributed by atoms with Crippen molar-refractivity contribution in [3.05, 3.63) is 0 Å². The summed E-state index contributed by atoms with van der Waals surface area (Å²) in [6.45, 7) is 1.95. The molecule has 0 radical (unpaired) electrons. The van der Waals surface area contributed by atoms with Gasteiger partial charge < -0.3 is 5.73 Å². The average molecular weight is 260 g/mol. The molecular weight excluding hydrogens is 236 g/mol. The van der Waals surface area contributed by atoms with Crippen molar-refractivity contribution in [1.82, 2.24) is 4.31 Å². The van der Waals surface area contributed by atoms with Crippen LogP contribution in [0.1, 0.15) is 38.5 Å². The predicted molar refractivity (Wildman–Crippen MR) is 69.1 cm³/mol. The Morgan fingerprint density at radius 1 is 1.12 bits per heavy atom. The van der Waals surface area contributed by atoms with Gasteiger partial charge in [-0.15, -0.1) is 0 Å². The maximum atomic E-state index is 12.2. The Morgan fingerprint density at radius 2 is 1.82 bits per heavy atom. The Hall–Kier alpha value is -0.130. The van der Waals surface area contributed by atoms with E-state index in [1.54, 1.807) is 4.31 Å². The summed E-state index contributed by atoms with van der Waals surface area (Å²) in [5, 5.41) is 0. The topological polar surface area (TPSA) is 63.4 Å². The smallest absolute Gasteiger partial charge is 0.214 e. The van der Waals surface area contributed by atoms with Gasteiger partial charge in [-0.1, -0.05) is 19.3 Å². The van der Waals surface area contributed by atoms with Crippen LogP contribution in [-0.4, -0.2) is 38.1 Å². The SMILES string of the molecule is NCC1CCCN(S(=O)(=O)CCC2CCC2)C1. The van der Waals surface area contributed by atoms with Gasteiger partial charge in [0.05, 0.1) is 5.75 Å². The zero-order valence-electron chi connectivity index (χ0n) is 10.5. The summed E-state index contributed by atoms with van der Waals surface area (Å²) in [7, 11) is -3.02. The van der Waals surface area contributed by atoms with E-state index in [4.69, 9.17) is 5.73 Å². The van der Waals surface area contributed by atoms with Crippen LogP contribution in [0.2, 0.25) is 0 Å². The molecule has 0 amide bonds.